The number of aromatic amines is 1. The van der Waals surface area contributed by atoms with Gasteiger partial charge in [-0.15, -0.1) is 0 Å². The van der Waals surface area contributed by atoms with Crippen molar-refractivity contribution in [1.82, 2.24) is 14.9 Å². The van der Waals surface area contributed by atoms with Gasteiger partial charge in [0.05, 0.1) is 4.47 Å². The maximum Gasteiger partial charge on any atom is 0.328 e. The molecule has 0 atom stereocenters. The van der Waals surface area contributed by atoms with Crippen LogP contribution in [-0.2, 0) is 6.54 Å². The molecule has 1 heterocycles. The first-order valence-corrected chi connectivity index (χ1v) is 6.08. The molecule has 0 fully saturated rings. The van der Waals surface area contributed by atoms with E-state index in [1.807, 2.05) is 13.8 Å². The molecule has 0 amide bonds. The van der Waals surface area contributed by atoms with Crippen LogP contribution < -0.4 is 16.6 Å². The van der Waals surface area contributed by atoms with Crippen LogP contribution >= 0.6 is 15.9 Å². The summed E-state index contributed by atoms with van der Waals surface area (Å²) in [5.74, 6) is 0. The van der Waals surface area contributed by atoms with E-state index in [9.17, 15) is 9.59 Å². The van der Waals surface area contributed by atoms with Gasteiger partial charge in [0.2, 0.25) is 0 Å². The maximum atomic E-state index is 11.5. The predicted molar refractivity (Wildman–Crippen MR) is 71.3 cm³/mol. The van der Waals surface area contributed by atoms with Gasteiger partial charge < -0.3 is 5.32 Å². The summed E-state index contributed by atoms with van der Waals surface area (Å²) in [6.07, 6.45) is 1.47. The molecule has 17 heavy (non-hydrogen) atoms. The van der Waals surface area contributed by atoms with E-state index in [1.54, 1.807) is 0 Å². The number of nitrogens with one attached hydrogen (secondary N) is 2. The Kier molecular flexibility index (Phi) is 4.89. The topological polar surface area (TPSA) is 66.9 Å². The number of hydrogen-bond acceptors (Lipinski definition) is 3. The van der Waals surface area contributed by atoms with Gasteiger partial charge in [-0.25, -0.2) is 4.79 Å². The zero-order valence-electron chi connectivity index (χ0n) is 9.92. The molecule has 5 nitrogen and oxygen atoms in total. The van der Waals surface area contributed by atoms with Crippen LogP contribution in [0.25, 0.3) is 0 Å². The normalized spacial score (nSPS) is 10.8. The van der Waals surface area contributed by atoms with Crippen LogP contribution in [0.15, 0.2) is 32.4 Å². The third-order valence-electron chi connectivity index (χ3n) is 2.12. The summed E-state index contributed by atoms with van der Waals surface area (Å²) in [4.78, 5) is 24.9. The van der Waals surface area contributed by atoms with E-state index in [0.717, 1.165) is 5.57 Å². The fraction of sp³-hybridized carbons (Fsp3) is 0.455. The van der Waals surface area contributed by atoms with E-state index in [2.05, 4.69) is 32.8 Å². The van der Waals surface area contributed by atoms with E-state index >= 15 is 0 Å². The van der Waals surface area contributed by atoms with Crippen LogP contribution in [0.4, 0.5) is 0 Å². The summed E-state index contributed by atoms with van der Waals surface area (Å²) >= 11 is 3.08. The van der Waals surface area contributed by atoms with Crippen molar-refractivity contribution in [2.75, 3.05) is 6.54 Å². The average molecular weight is 302 g/mol. The number of H-pyrrole nitrogens is 1. The molecule has 0 spiro atoms. The van der Waals surface area contributed by atoms with Gasteiger partial charge in [-0.05, 0) is 21.5 Å². The van der Waals surface area contributed by atoms with Crippen LogP contribution in [0.1, 0.15) is 13.8 Å². The molecule has 0 aliphatic carbocycles. The molecule has 0 saturated heterocycles. The lowest BCUT2D eigenvalue weighted by Gasteiger charge is -2.11. The largest absolute Gasteiger partial charge is 0.328 e. The van der Waals surface area contributed by atoms with Crippen LogP contribution in [0.3, 0.4) is 0 Å². The Bertz CT molecular complexity index is 516. The number of rotatable bonds is 5. The van der Waals surface area contributed by atoms with E-state index in [4.69, 9.17) is 0 Å². The summed E-state index contributed by atoms with van der Waals surface area (Å²) < 4.78 is 1.75. The Morgan fingerprint density at radius 1 is 1.59 bits per heavy atom. The van der Waals surface area contributed by atoms with Crippen LogP contribution in [-0.4, -0.2) is 22.1 Å². The van der Waals surface area contributed by atoms with Crippen molar-refractivity contribution in [1.29, 1.82) is 0 Å². The summed E-state index contributed by atoms with van der Waals surface area (Å²) in [5, 5.41) is 3.21. The lowest BCUT2D eigenvalue weighted by atomic mass is 10.2. The zero-order chi connectivity index (χ0) is 13.0. The van der Waals surface area contributed by atoms with Gasteiger partial charge in [-0.1, -0.05) is 20.4 Å². The second-order valence-corrected chi connectivity index (χ2v) is 5.00. The molecule has 0 saturated carbocycles. The van der Waals surface area contributed by atoms with Crippen molar-refractivity contribution in [3.63, 3.8) is 0 Å². The van der Waals surface area contributed by atoms with Gasteiger partial charge in [0.15, 0.2) is 0 Å². The molecule has 1 aromatic heterocycles. The number of nitrogens with zero attached hydrogens (tertiary/aromatic N) is 1. The lowest BCUT2D eigenvalue weighted by molar-refractivity contribution is 0.596. The average Bonchev–Trinajstić information content (AvgIpc) is 2.23. The lowest BCUT2D eigenvalue weighted by Crippen LogP contribution is -2.32. The smallest absolute Gasteiger partial charge is 0.311 e. The van der Waals surface area contributed by atoms with Crippen molar-refractivity contribution in [2.45, 2.75) is 26.4 Å². The molecular formula is C11H16BrN3O2. The Labute approximate surface area is 108 Å². The first-order valence-electron chi connectivity index (χ1n) is 5.29. The van der Waals surface area contributed by atoms with Gasteiger partial charge in [-0.2, -0.15) is 0 Å². The van der Waals surface area contributed by atoms with Crippen LogP contribution in [0.2, 0.25) is 0 Å². The minimum atomic E-state index is -0.427. The molecule has 1 rings (SSSR count). The highest BCUT2D eigenvalue weighted by molar-refractivity contribution is 9.10. The van der Waals surface area contributed by atoms with Gasteiger partial charge in [0.1, 0.15) is 0 Å². The quantitative estimate of drug-likeness (QED) is 0.793. The fourth-order valence-electron chi connectivity index (χ4n) is 1.25. The molecule has 1 aromatic rings. The molecule has 2 N–H and O–H groups in total. The number of aromatic nitrogens is 2. The first kappa shape index (κ1) is 13.9. The third-order valence-corrected chi connectivity index (χ3v) is 2.69. The fourth-order valence-corrected chi connectivity index (χ4v) is 1.59. The highest BCUT2D eigenvalue weighted by atomic mass is 79.9. The molecule has 6 heteroatoms. The molecule has 0 unspecified atom stereocenters. The molecule has 0 bridgehead atoms. The number of halogens is 1. The Morgan fingerprint density at radius 3 is 2.82 bits per heavy atom. The summed E-state index contributed by atoms with van der Waals surface area (Å²) in [7, 11) is 0. The molecule has 0 radical (unpaired) electrons. The molecule has 0 aromatic carbocycles. The minimum absolute atomic E-state index is 0.335. The summed E-state index contributed by atoms with van der Waals surface area (Å²) in [5.41, 5.74) is 0.0285. The molecule has 0 aliphatic rings. The van der Waals surface area contributed by atoms with Crippen molar-refractivity contribution in [3.05, 3.63) is 43.7 Å². The van der Waals surface area contributed by atoms with Gasteiger partial charge in [-0.3, -0.25) is 14.3 Å². The van der Waals surface area contributed by atoms with Crippen LogP contribution in [0, 0.1) is 0 Å². The van der Waals surface area contributed by atoms with Crippen molar-refractivity contribution < 1.29 is 0 Å². The van der Waals surface area contributed by atoms with E-state index < -0.39 is 11.2 Å². The summed E-state index contributed by atoms with van der Waals surface area (Å²) in [6.45, 7) is 8.98. The highest BCUT2D eigenvalue weighted by Gasteiger charge is 2.03. The molecule has 0 aliphatic heterocycles. The minimum Gasteiger partial charge on any atom is -0.311 e. The molecular weight excluding hydrogens is 286 g/mol. The number of hydrogen-bond donors (Lipinski definition) is 2. The van der Waals surface area contributed by atoms with Crippen molar-refractivity contribution in [2.24, 2.45) is 0 Å². The summed E-state index contributed by atoms with van der Waals surface area (Å²) in [6, 6.07) is 0.366. The van der Waals surface area contributed by atoms with Crippen LogP contribution in [0.5, 0.6) is 0 Å². The van der Waals surface area contributed by atoms with E-state index in [1.165, 1.54) is 10.8 Å². The highest BCUT2D eigenvalue weighted by Crippen LogP contribution is 2.00. The Morgan fingerprint density at radius 2 is 2.24 bits per heavy atom. The zero-order valence-corrected chi connectivity index (χ0v) is 11.5. The standard InChI is InChI=1S/C11H16BrN3O2/c1-7(2)13-4-8(3)5-15-6-9(12)10(16)14-11(15)17/h6-7,13H,3-5H2,1-2H3,(H,14,16,17). The Hall–Kier alpha value is -1.14. The maximum absolute atomic E-state index is 11.5. The van der Waals surface area contributed by atoms with Gasteiger partial charge >= 0.3 is 5.69 Å². The second-order valence-electron chi connectivity index (χ2n) is 4.15. The van der Waals surface area contributed by atoms with E-state index in [0.29, 0.717) is 23.6 Å². The SMILES string of the molecule is C=C(CNC(C)C)Cn1cc(Br)c(=O)[nH]c1=O. The second kappa shape index (κ2) is 5.97. The van der Waals surface area contributed by atoms with Gasteiger partial charge in [0, 0.05) is 25.3 Å². The Balaban J connectivity index is 2.75. The van der Waals surface area contributed by atoms with Crippen molar-refractivity contribution >= 4 is 15.9 Å². The monoisotopic (exact) mass is 301 g/mol. The van der Waals surface area contributed by atoms with E-state index in [-0.39, 0.29) is 0 Å². The molecule has 94 valence electrons. The third kappa shape index (κ3) is 4.32. The first-order chi connectivity index (χ1) is 7.90. The van der Waals surface area contributed by atoms with Gasteiger partial charge in [0.25, 0.3) is 5.56 Å². The van der Waals surface area contributed by atoms with Crippen molar-refractivity contribution in [3.8, 4) is 0 Å². The predicted octanol–water partition coefficient (Wildman–Crippen LogP) is 0.853.